The summed E-state index contributed by atoms with van der Waals surface area (Å²) in [6, 6.07) is 32.4. The summed E-state index contributed by atoms with van der Waals surface area (Å²) >= 11 is 0. The van der Waals surface area contributed by atoms with Gasteiger partial charge in [0, 0.05) is 16.5 Å². The molecule has 6 nitrogen and oxygen atoms in total. The van der Waals surface area contributed by atoms with Gasteiger partial charge in [0.2, 0.25) is 0 Å². The van der Waals surface area contributed by atoms with Crippen molar-refractivity contribution in [2.45, 2.75) is 4.90 Å². The molecule has 0 aliphatic heterocycles. The molecule has 36 heavy (non-hydrogen) atoms. The molecule has 5 aromatic carbocycles. The molecule has 0 aliphatic rings. The zero-order valence-electron chi connectivity index (χ0n) is 18.9. The highest BCUT2D eigenvalue weighted by Crippen LogP contribution is 2.29. The van der Waals surface area contributed by atoms with Crippen molar-refractivity contribution in [2.24, 2.45) is 0 Å². The summed E-state index contributed by atoms with van der Waals surface area (Å²) in [5, 5.41) is 7.45. The van der Waals surface area contributed by atoms with Crippen LogP contribution in [0.4, 0.5) is 11.4 Å². The Balaban J connectivity index is 1.22. The zero-order chi connectivity index (χ0) is 24.7. The molecule has 0 unspecified atom stereocenters. The largest absolute Gasteiger partial charge is 0.451 e. The lowest BCUT2D eigenvalue weighted by atomic mass is 10.1. The number of hydrogen-bond acceptors (Lipinski definition) is 4. The van der Waals surface area contributed by atoms with E-state index in [0.717, 1.165) is 26.9 Å². The highest BCUT2D eigenvalue weighted by Gasteiger charge is 2.17. The Kier molecular flexibility index (Phi) is 5.20. The summed E-state index contributed by atoms with van der Waals surface area (Å²) in [6.07, 6.45) is 0. The highest BCUT2D eigenvalue weighted by molar-refractivity contribution is 7.92. The van der Waals surface area contributed by atoms with Crippen LogP contribution >= 0.6 is 0 Å². The van der Waals surface area contributed by atoms with Crippen molar-refractivity contribution < 1.29 is 17.6 Å². The van der Waals surface area contributed by atoms with Crippen LogP contribution in [0.2, 0.25) is 0 Å². The van der Waals surface area contributed by atoms with E-state index in [0.29, 0.717) is 17.0 Å². The number of rotatable bonds is 5. The van der Waals surface area contributed by atoms with Crippen molar-refractivity contribution in [1.29, 1.82) is 0 Å². The normalized spacial score (nSPS) is 11.7. The first kappa shape index (κ1) is 21.9. The lowest BCUT2D eigenvalue weighted by Crippen LogP contribution is -2.14. The number of anilines is 2. The maximum Gasteiger partial charge on any atom is 0.291 e. The Morgan fingerprint density at radius 2 is 1.33 bits per heavy atom. The van der Waals surface area contributed by atoms with E-state index in [9.17, 15) is 13.2 Å². The molecular weight excluding hydrogens is 472 g/mol. The van der Waals surface area contributed by atoms with E-state index in [4.69, 9.17) is 4.42 Å². The first-order valence-corrected chi connectivity index (χ1v) is 12.8. The standard InChI is InChI=1S/C29H20N2O4S/c32-29(28-18-25-23-9-3-1-7-20(23)12-17-27(25)35-28)30-21-13-15-22(16-14-21)36(33,34)31-26-11-5-8-19-6-2-4-10-24(19)26/h1-18,31H,(H,30,32). The minimum absolute atomic E-state index is 0.0867. The summed E-state index contributed by atoms with van der Waals surface area (Å²) in [5.74, 6) is -0.240. The molecule has 1 aromatic heterocycles. The summed E-state index contributed by atoms with van der Waals surface area (Å²) in [4.78, 5) is 12.9. The number of carbonyl (C=O) groups excluding carboxylic acids is 1. The average Bonchev–Trinajstić information content (AvgIpc) is 3.34. The fourth-order valence-electron chi connectivity index (χ4n) is 4.33. The van der Waals surface area contributed by atoms with E-state index in [-0.39, 0.29) is 10.7 Å². The first-order valence-electron chi connectivity index (χ1n) is 11.3. The van der Waals surface area contributed by atoms with Crippen molar-refractivity contribution >= 4 is 59.8 Å². The highest BCUT2D eigenvalue weighted by atomic mass is 32.2. The number of carbonyl (C=O) groups is 1. The molecule has 0 radical (unpaired) electrons. The number of hydrogen-bond donors (Lipinski definition) is 2. The second kappa shape index (κ2) is 8.55. The van der Waals surface area contributed by atoms with Crippen LogP contribution in [0.25, 0.3) is 32.5 Å². The van der Waals surface area contributed by atoms with Crippen LogP contribution in [0.5, 0.6) is 0 Å². The molecule has 0 saturated heterocycles. The van der Waals surface area contributed by atoms with Gasteiger partial charge in [0.1, 0.15) is 5.58 Å². The number of benzene rings is 5. The van der Waals surface area contributed by atoms with E-state index < -0.39 is 15.9 Å². The fourth-order valence-corrected chi connectivity index (χ4v) is 5.41. The van der Waals surface area contributed by atoms with E-state index in [1.165, 1.54) is 12.1 Å². The number of sulfonamides is 1. The Morgan fingerprint density at radius 1 is 0.667 bits per heavy atom. The van der Waals surface area contributed by atoms with Crippen molar-refractivity contribution in [1.82, 2.24) is 0 Å². The summed E-state index contributed by atoms with van der Waals surface area (Å²) in [6.45, 7) is 0. The average molecular weight is 493 g/mol. The van der Waals surface area contributed by atoms with Crippen molar-refractivity contribution in [3.05, 3.63) is 115 Å². The Hall–Kier alpha value is -4.62. The lowest BCUT2D eigenvalue weighted by Gasteiger charge is -2.11. The van der Waals surface area contributed by atoms with Gasteiger partial charge < -0.3 is 9.73 Å². The Morgan fingerprint density at radius 3 is 2.11 bits per heavy atom. The number of furan rings is 1. The predicted molar refractivity (Wildman–Crippen MR) is 143 cm³/mol. The molecule has 0 saturated carbocycles. The van der Waals surface area contributed by atoms with Crippen LogP contribution in [0.3, 0.4) is 0 Å². The minimum Gasteiger partial charge on any atom is -0.451 e. The minimum atomic E-state index is -3.82. The maximum atomic E-state index is 13.0. The topological polar surface area (TPSA) is 88.4 Å². The van der Waals surface area contributed by atoms with Crippen molar-refractivity contribution in [3.8, 4) is 0 Å². The van der Waals surface area contributed by atoms with Gasteiger partial charge in [-0.1, -0.05) is 66.7 Å². The number of fused-ring (bicyclic) bond motifs is 4. The van der Waals surface area contributed by atoms with Gasteiger partial charge in [-0.2, -0.15) is 0 Å². The lowest BCUT2D eigenvalue weighted by molar-refractivity contribution is 0.0998. The van der Waals surface area contributed by atoms with Gasteiger partial charge in [-0.15, -0.1) is 0 Å². The Labute approximate surface area is 207 Å². The quantitative estimate of drug-likeness (QED) is 0.277. The molecule has 176 valence electrons. The van der Waals surface area contributed by atoms with Crippen molar-refractivity contribution in [3.63, 3.8) is 0 Å². The molecule has 1 amide bonds. The molecule has 0 fully saturated rings. The molecule has 1 heterocycles. The molecule has 0 aliphatic carbocycles. The molecule has 0 bridgehead atoms. The van der Waals surface area contributed by atoms with Gasteiger partial charge in [0.15, 0.2) is 5.76 Å². The fraction of sp³-hybridized carbons (Fsp3) is 0. The summed E-state index contributed by atoms with van der Waals surface area (Å²) in [7, 11) is -3.82. The van der Waals surface area contributed by atoms with Crippen LogP contribution < -0.4 is 10.0 Å². The van der Waals surface area contributed by atoms with Gasteiger partial charge >= 0.3 is 0 Å². The second-order valence-corrected chi connectivity index (χ2v) is 10.1. The number of nitrogens with one attached hydrogen (secondary N) is 2. The summed E-state index contributed by atoms with van der Waals surface area (Å²) < 4.78 is 34.4. The molecule has 0 spiro atoms. The van der Waals surface area contributed by atoms with Gasteiger partial charge in [-0.05, 0) is 58.6 Å². The third kappa shape index (κ3) is 3.95. The summed E-state index contributed by atoms with van der Waals surface area (Å²) in [5.41, 5.74) is 1.58. The van der Waals surface area contributed by atoms with Crippen LogP contribution in [-0.4, -0.2) is 14.3 Å². The van der Waals surface area contributed by atoms with E-state index in [2.05, 4.69) is 10.0 Å². The monoisotopic (exact) mass is 492 g/mol. The van der Waals surface area contributed by atoms with Crippen LogP contribution in [0, 0.1) is 0 Å². The first-order chi connectivity index (χ1) is 17.5. The van der Waals surface area contributed by atoms with E-state index in [1.54, 1.807) is 30.3 Å². The molecule has 6 rings (SSSR count). The van der Waals surface area contributed by atoms with Gasteiger partial charge in [-0.25, -0.2) is 8.42 Å². The van der Waals surface area contributed by atoms with Crippen molar-refractivity contribution in [2.75, 3.05) is 10.0 Å². The molecular formula is C29H20N2O4S. The molecule has 7 heteroatoms. The third-order valence-corrected chi connectivity index (χ3v) is 7.49. The number of amides is 1. The predicted octanol–water partition coefficient (Wildman–Crippen LogP) is 6.79. The molecule has 6 aromatic rings. The van der Waals surface area contributed by atoms with E-state index >= 15 is 0 Å². The van der Waals surface area contributed by atoms with Gasteiger partial charge in [-0.3, -0.25) is 9.52 Å². The van der Waals surface area contributed by atoms with Crippen LogP contribution in [0.15, 0.2) is 119 Å². The zero-order valence-corrected chi connectivity index (χ0v) is 19.8. The maximum absolute atomic E-state index is 13.0. The van der Waals surface area contributed by atoms with Crippen LogP contribution in [-0.2, 0) is 10.0 Å². The smallest absolute Gasteiger partial charge is 0.291 e. The molecule has 0 atom stereocenters. The SMILES string of the molecule is O=C(Nc1ccc(S(=O)(=O)Nc2cccc3ccccc23)cc1)c1cc2c(ccc3ccccc32)o1. The third-order valence-electron chi connectivity index (χ3n) is 6.11. The second-order valence-electron chi connectivity index (χ2n) is 8.42. The van der Waals surface area contributed by atoms with E-state index in [1.807, 2.05) is 66.7 Å². The Bertz CT molecular complexity index is 1870. The van der Waals surface area contributed by atoms with Gasteiger partial charge in [0.25, 0.3) is 15.9 Å². The molecule has 2 N–H and O–H groups in total. The van der Waals surface area contributed by atoms with Gasteiger partial charge in [0.05, 0.1) is 10.6 Å². The van der Waals surface area contributed by atoms with Crippen LogP contribution in [0.1, 0.15) is 10.6 Å².